The summed E-state index contributed by atoms with van der Waals surface area (Å²) in [6.45, 7) is 7.98. The monoisotopic (exact) mass is 708 g/mol. The number of pyridine rings is 1. The first kappa shape index (κ1) is 37.3. The van der Waals surface area contributed by atoms with Crippen LogP contribution in [0.5, 0.6) is 5.75 Å². The topological polar surface area (TPSA) is 131 Å². The highest BCUT2D eigenvalue weighted by atomic mass is 16.5. The van der Waals surface area contributed by atoms with Gasteiger partial charge in [-0.3, -0.25) is 19.1 Å². The molecule has 0 spiro atoms. The highest BCUT2D eigenvalue weighted by molar-refractivity contribution is 5.94. The number of hydrogen-bond acceptors (Lipinski definition) is 9. The molecule has 11 heteroatoms. The van der Waals surface area contributed by atoms with Crippen LogP contribution in [0.25, 0.3) is 16.7 Å². The minimum Gasteiger partial charge on any atom is -0.494 e. The SMILES string of the molecule is COc1cc(N2CCN(CCCCCCCCCCCCN)CC2)ccc1Nc1ncc2c(C)cc(=O)n(-c3cccc(NC(=O)C4CC4)c3)c2n1. The van der Waals surface area contributed by atoms with E-state index in [0.29, 0.717) is 28.7 Å². The van der Waals surface area contributed by atoms with E-state index >= 15 is 0 Å². The van der Waals surface area contributed by atoms with Gasteiger partial charge in [-0.25, -0.2) is 4.98 Å². The van der Waals surface area contributed by atoms with E-state index in [9.17, 15) is 9.59 Å². The molecule has 2 aliphatic rings. The summed E-state index contributed by atoms with van der Waals surface area (Å²) >= 11 is 0. The number of anilines is 4. The van der Waals surface area contributed by atoms with E-state index in [1.807, 2.05) is 37.3 Å². The zero-order valence-corrected chi connectivity index (χ0v) is 31.0. The maximum absolute atomic E-state index is 13.4. The number of carbonyl (C=O) groups is 1. The summed E-state index contributed by atoms with van der Waals surface area (Å²) in [4.78, 5) is 40.3. The molecule has 1 amide bonds. The van der Waals surface area contributed by atoms with Crippen LogP contribution in [0.2, 0.25) is 0 Å². The van der Waals surface area contributed by atoms with E-state index < -0.39 is 0 Å². The van der Waals surface area contributed by atoms with E-state index in [1.54, 1.807) is 23.9 Å². The molecule has 1 saturated carbocycles. The molecule has 0 atom stereocenters. The Labute approximate surface area is 308 Å². The third-order valence-corrected chi connectivity index (χ3v) is 10.4. The standard InChI is InChI=1S/C41H56N8O3/c1-30-26-38(50)49(34-15-13-14-32(27-34)44-40(51)31-16-17-31)39-35(30)29-43-41(46-39)45-36-19-18-33(28-37(36)52-2)48-24-22-47(23-25-48)21-12-10-8-6-4-3-5-7-9-11-20-42/h13-15,18-19,26-29,31H,3-12,16-17,20-25,42H2,1-2H3,(H,44,51)(H,43,45,46). The summed E-state index contributed by atoms with van der Waals surface area (Å²) in [7, 11) is 1.67. The lowest BCUT2D eigenvalue weighted by Crippen LogP contribution is -2.46. The van der Waals surface area contributed by atoms with Gasteiger partial charge in [0.15, 0.2) is 5.65 Å². The first-order valence-electron chi connectivity index (χ1n) is 19.4. The van der Waals surface area contributed by atoms with Crippen molar-refractivity contribution in [2.24, 2.45) is 11.7 Å². The van der Waals surface area contributed by atoms with Crippen molar-refractivity contribution in [3.63, 3.8) is 0 Å². The van der Waals surface area contributed by atoms with Crippen molar-refractivity contribution < 1.29 is 9.53 Å². The average molecular weight is 709 g/mol. The van der Waals surface area contributed by atoms with Crippen LogP contribution < -0.4 is 31.6 Å². The summed E-state index contributed by atoms with van der Waals surface area (Å²) < 4.78 is 7.39. The van der Waals surface area contributed by atoms with E-state index in [2.05, 4.69) is 37.6 Å². The second-order valence-electron chi connectivity index (χ2n) is 14.4. The van der Waals surface area contributed by atoms with Crippen LogP contribution in [0.1, 0.15) is 82.6 Å². The number of fused-ring (bicyclic) bond motifs is 1. The molecule has 0 radical (unpaired) electrons. The molecule has 6 rings (SSSR count). The van der Waals surface area contributed by atoms with Crippen molar-refractivity contribution in [2.45, 2.75) is 84.0 Å². The first-order valence-corrected chi connectivity index (χ1v) is 19.4. The zero-order chi connectivity index (χ0) is 36.3. The minimum absolute atomic E-state index is 0.0156. The summed E-state index contributed by atoms with van der Waals surface area (Å²) in [5, 5.41) is 7.08. The van der Waals surface area contributed by atoms with Gasteiger partial charge < -0.3 is 26.0 Å². The molecular formula is C41H56N8O3. The molecule has 11 nitrogen and oxygen atoms in total. The molecule has 3 heterocycles. The Kier molecular flexibility index (Phi) is 13.1. The largest absolute Gasteiger partial charge is 0.494 e. The highest BCUT2D eigenvalue weighted by Crippen LogP contribution is 2.33. The predicted molar refractivity (Wildman–Crippen MR) is 211 cm³/mol. The lowest BCUT2D eigenvalue weighted by molar-refractivity contribution is -0.117. The Morgan fingerprint density at radius 1 is 0.885 bits per heavy atom. The number of aryl methyl sites for hydroxylation is 1. The zero-order valence-electron chi connectivity index (χ0n) is 31.0. The number of unbranched alkanes of at least 4 members (excludes halogenated alkanes) is 9. The van der Waals surface area contributed by atoms with Crippen LogP contribution in [0.4, 0.5) is 23.0 Å². The van der Waals surface area contributed by atoms with Gasteiger partial charge in [-0.2, -0.15) is 4.98 Å². The maximum atomic E-state index is 13.4. The Hall–Kier alpha value is -4.48. The van der Waals surface area contributed by atoms with Crippen molar-refractivity contribution in [1.82, 2.24) is 19.4 Å². The van der Waals surface area contributed by atoms with E-state index in [1.165, 1.54) is 70.8 Å². The van der Waals surface area contributed by atoms with Gasteiger partial charge >= 0.3 is 0 Å². The Bertz CT molecular complexity index is 1850. The smallest absolute Gasteiger partial charge is 0.257 e. The third kappa shape index (κ3) is 9.89. The molecule has 1 saturated heterocycles. The van der Waals surface area contributed by atoms with Crippen molar-refractivity contribution in [3.05, 3.63) is 70.6 Å². The molecular weight excluding hydrogens is 653 g/mol. The lowest BCUT2D eigenvalue weighted by Gasteiger charge is -2.36. The number of methoxy groups -OCH3 is 1. The van der Waals surface area contributed by atoms with Crippen molar-refractivity contribution in [3.8, 4) is 11.4 Å². The van der Waals surface area contributed by atoms with Gasteiger partial charge in [-0.1, -0.05) is 57.4 Å². The van der Waals surface area contributed by atoms with Crippen molar-refractivity contribution in [2.75, 3.05) is 61.9 Å². The van der Waals surface area contributed by atoms with Crippen LogP contribution >= 0.6 is 0 Å². The van der Waals surface area contributed by atoms with Gasteiger partial charge in [0, 0.05) is 67.2 Å². The van der Waals surface area contributed by atoms with Gasteiger partial charge in [0.25, 0.3) is 5.56 Å². The molecule has 1 aliphatic carbocycles. The van der Waals surface area contributed by atoms with Crippen molar-refractivity contribution >= 4 is 40.0 Å². The van der Waals surface area contributed by atoms with Gasteiger partial charge in [-0.15, -0.1) is 0 Å². The fraction of sp³-hybridized carbons (Fsp3) is 0.512. The number of carbonyl (C=O) groups excluding carboxylic acids is 1. The number of nitrogens with one attached hydrogen (secondary N) is 2. The normalized spacial score (nSPS) is 14.9. The minimum atomic E-state index is -0.210. The fourth-order valence-electron chi connectivity index (χ4n) is 7.10. The quantitative estimate of drug-likeness (QED) is 0.0868. The molecule has 0 bridgehead atoms. The molecule has 278 valence electrons. The second kappa shape index (κ2) is 18.3. The number of nitrogens with two attached hydrogens (primary N) is 1. The van der Waals surface area contributed by atoms with Crippen LogP contribution in [-0.4, -0.2) is 71.7 Å². The third-order valence-electron chi connectivity index (χ3n) is 10.4. The summed E-state index contributed by atoms with van der Waals surface area (Å²) in [6.07, 6.45) is 16.8. The molecule has 2 fully saturated rings. The number of nitrogens with zero attached hydrogens (tertiary/aromatic N) is 5. The van der Waals surface area contributed by atoms with Crippen LogP contribution in [-0.2, 0) is 4.79 Å². The Morgan fingerprint density at radius 2 is 1.60 bits per heavy atom. The molecule has 4 aromatic rings. The predicted octanol–water partition coefficient (Wildman–Crippen LogP) is 7.17. The number of piperazine rings is 1. The molecule has 52 heavy (non-hydrogen) atoms. The summed E-state index contributed by atoms with van der Waals surface area (Å²) in [5.74, 6) is 1.14. The van der Waals surface area contributed by atoms with Gasteiger partial charge in [0.1, 0.15) is 5.75 Å². The van der Waals surface area contributed by atoms with E-state index in [4.69, 9.17) is 15.5 Å². The number of benzene rings is 2. The lowest BCUT2D eigenvalue weighted by atomic mass is 10.1. The number of rotatable bonds is 19. The van der Waals surface area contributed by atoms with Crippen LogP contribution in [0.3, 0.4) is 0 Å². The van der Waals surface area contributed by atoms with Gasteiger partial charge in [0.2, 0.25) is 11.9 Å². The average Bonchev–Trinajstić information content (AvgIpc) is 4.01. The molecule has 0 unspecified atom stereocenters. The van der Waals surface area contributed by atoms with E-state index in [0.717, 1.165) is 67.9 Å². The summed E-state index contributed by atoms with van der Waals surface area (Å²) in [5.41, 5.74) is 9.77. The number of hydrogen-bond donors (Lipinski definition) is 3. The van der Waals surface area contributed by atoms with Gasteiger partial charge in [0.05, 0.1) is 18.5 Å². The molecule has 2 aromatic carbocycles. The molecule has 1 aliphatic heterocycles. The summed E-state index contributed by atoms with van der Waals surface area (Å²) in [6, 6.07) is 15.1. The molecule has 2 aromatic heterocycles. The number of ether oxygens (including phenoxy) is 1. The van der Waals surface area contributed by atoms with Crippen LogP contribution in [0, 0.1) is 12.8 Å². The number of amides is 1. The highest BCUT2D eigenvalue weighted by Gasteiger charge is 2.29. The Balaban J connectivity index is 1.05. The second-order valence-corrected chi connectivity index (χ2v) is 14.4. The van der Waals surface area contributed by atoms with Crippen LogP contribution in [0.15, 0.2) is 59.5 Å². The molecule has 4 N–H and O–H groups in total. The van der Waals surface area contributed by atoms with E-state index in [-0.39, 0.29) is 17.4 Å². The first-order chi connectivity index (χ1) is 25.4. The van der Waals surface area contributed by atoms with Crippen molar-refractivity contribution in [1.29, 1.82) is 0 Å². The van der Waals surface area contributed by atoms with Gasteiger partial charge in [-0.05, 0) is 81.6 Å². The number of aromatic nitrogens is 3. The Morgan fingerprint density at radius 3 is 2.29 bits per heavy atom. The maximum Gasteiger partial charge on any atom is 0.257 e. The fourth-order valence-corrected chi connectivity index (χ4v) is 7.10.